The lowest BCUT2D eigenvalue weighted by Gasteiger charge is -2.11. The lowest BCUT2D eigenvalue weighted by molar-refractivity contribution is -0.137. The Kier molecular flexibility index (Phi) is 5.11. The van der Waals surface area contributed by atoms with Gasteiger partial charge in [0.15, 0.2) is 0 Å². The summed E-state index contributed by atoms with van der Waals surface area (Å²) in [4.78, 5) is 10.4. The number of hydrogen-bond donors (Lipinski definition) is 1. The number of hydrogen-bond acceptors (Lipinski definition) is 3. The Morgan fingerprint density at radius 2 is 1.95 bits per heavy atom. The van der Waals surface area contributed by atoms with E-state index in [2.05, 4.69) is 4.74 Å². The van der Waals surface area contributed by atoms with E-state index in [0.29, 0.717) is 5.56 Å². The van der Waals surface area contributed by atoms with E-state index >= 15 is 0 Å². The van der Waals surface area contributed by atoms with Crippen LogP contribution in [0.5, 0.6) is 0 Å². The Morgan fingerprint density at radius 3 is 2.42 bits per heavy atom. The van der Waals surface area contributed by atoms with Crippen LogP contribution in [0.4, 0.5) is 13.2 Å². The van der Waals surface area contributed by atoms with E-state index in [1.807, 2.05) is 0 Å². The Balaban J connectivity index is 2.60. The zero-order valence-corrected chi connectivity index (χ0v) is 10.1. The van der Waals surface area contributed by atoms with E-state index in [1.165, 1.54) is 25.1 Å². The molecule has 1 rings (SSSR count). The molecule has 1 aromatic rings. The largest absolute Gasteiger partial charge is 0.435 e. The predicted octanol–water partition coefficient (Wildman–Crippen LogP) is 3.21. The van der Waals surface area contributed by atoms with Crippen molar-refractivity contribution in [3.8, 4) is 0 Å². The van der Waals surface area contributed by atoms with E-state index in [4.69, 9.17) is 0 Å². The van der Waals surface area contributed by atoms with Crippen LogP contribution in [0.15, 0.2) is 36.6 Å². The van der Waals surface area contributed by atoms with Gasteiger partial charge in [0.1, 0.15) is 0 Å². The normalized spacial score (nSPS) is 13.5. The second-order valence-corrected chi connectivity index (χ2v) is 3.85. The highest BCUT2D eigenvalue weighted by molar-refractivity contribution is 5.66. The van der Waals surface area contributed by atoms with Gasteiger partial charge in [0.25, 0.3) is 0 Å². The van der Waals surface area contributed by atoms with Crippen molar-refractivity contribution in [2.75, 3.05) is 0 Å². The van der Waals surface area contributed by atoms with Crippen molar-refractivity contribution in [1.29, 1.82) is 0 Å². The Hall–Kier alpha value is -1.82. The molecule has 3 nitrogen and oxygen atoms in total. The van der Waals surface area contributed by atoms with Crippen molar-refractivity contribution in [3.63, 3.8) is 0 Å². The van der Waals surface area contributed by atoms with Crippen molar-refractivity contribution in [3.05, 3.63) is 47.7 Å². The summed E-state index contributed by atoms with van der Waals surface area (Å²) in [5, 5.41) is 9.71. The van der Waals surface area contributed by atoms with Gasteiger partial charge in [-0.2, -0.15) is 13.2 Å². The van der Waals surface area contributed by atoms with Gasteiger partial charge in [-0.25, -0.2) is 0 Å². The third kappa shape index (κ3) is 5.13. The number of aliphatic hydroxyl groups excluding tert-OH is 1. The minimum Gasteiger partial charge on any atom is -0.435 e. The minimum absolute atomic E-state index is 0.138. The maximum Gasteiger partial charge on any atom is 0.416 e. The zero-order valence-electron chi connectivity index (χ0n) is 10.1. The van der Waals surface area contributed by atoms with Crippen molar-refractivity contribution in [2.24, 2.45) is 0 Å². The number of rotatable bonds is 4. The molecule has 0 aromatic heterocycles. The molecular formula is C13H13F3O3. The molecule has 0 radical (unpaired) electrons. The van der Waals surface area contributed by atoms with Gasteiger partial charge in [-0.05, 0) is 30.2 Å². The lowest BCUT2D eigenvalue weighted by atomic mass is 10.0. The first-order chi connectivity index (χ1) is 8.80. The highest BCUT2D eigenvalue weighted by atomic mass is 19.4. The number of ether oxygens (including phenoxy) is 1. The monoisotopic (exact) mass is 274 g/mol. The van der Waals surface area contributed by atoms with Gasteiger partial charge in [0.2, 0.25) is 0 Å². The predicted molar refractivity (Wildman–Crippen MR) is 61.9 cm³/mol. The van der Waals surface area contributed by atoms with Crippen LogP contribution in [-0.2, 0) is 15.7 Å². The zero-order chi connectivity index (χ0) is 14.5. The maximum absolute atomic E-state index is 12.3. The van der Waals surface area contributed by atoms with Gasteiger partial charge in [-0.1, -0.05) is 12.1 Å². The van der Waals surface area contributed by atoms with E-state index < -0.39 is 23.8 Å². The molecular weight excluding hydrogens is 261 g/mol. The van der Waals surface area contributed by atoms with Gasteiger partial charge < -0.3 is 9.84 Å². The molecule has 0 aliphatic heterocycles. The number of alkyl halides is 3. The number of benzene rings is 1. The summed E-state index contributed by atoms with van der Waals surface area (Å²) in [6.07, 6.45) is -2.65. The van der Waals surface area contributed by atoms with Crippen LogP contribution >= 0.6 is 0 Å². The number of carbonyl (C=O) groups is 1. The van der Waals surface area contributed by atoms with Gasteiger partial charge in [-0.15, -0.1) is 0 Å². The first-order valence-electron chi connectivity index (χ1n) is 5.48. The summed E-state index contributed by atoms with van der Waals surface area (Å²) in [5.41, 5.74) is -0.403. The van der Waals surface area contributed by atoms with Crippen molar-refractivity contribution in [1.82, 2.24) is 0 Å². The molecule has 0 aliphatic carbocycles. The maximum atomic E-state index is 12.3. The van der Waals surface area contributed by atoms with Gasteiger partial charge >= 0.3 is 12.1 Å². The minimum atomic E-state index is -4.39. The molecule has 0 heterocycles. The van der Waals surface area contributed by atoms with Crippen molar-refractivity contribution < 1.29 is 27.8 Å². The summed E-state index contributed by atoms with van der Waals surface area (Å²) in [5.74, 6) is -0.486. The summed E-state index contributed by atoms with van der Waals surface area (Å²) in [7, 11) is 0. The SMILES string of the molecule is CC(=O)O/C=C\CC(O)c1ccc(C(F)(F)F)cc1. The van der Waals surface area contributed by atoms with Crippen LogP contribution in [-0.4, -0.2) is 11.1 Å². The van der Waals surface area contributed by atoms with E-state index in [1.54, 1.807) is 0 Å². The first kappa shape index (κ1) is 15.2. The fourth-order valence-electron chi connectivity index (χ4n) is 1.36. The Labute approximate surface area is 108 Å². The molecule has 104 valence electrons. The van der Waals surface area contributed by atoms with E-state index in [0.717, 1.165) is 18.4 Å². The van der Waals surface area contributed by atoms with E-state index in [-0.39, 0.29) is 6.42 Å². The summed E-state index contributed by atoms with van der Waals surface area (Å²) in [6.45, 7) is 1.23. The van der Waals surface area contributed by atoms with Gasteiger partial charge in [0.05, 0.1) is 17.9 Å². The molecule has 0 saturated carbocycles. The molecule has 1 atom stereocenters. The van der Waals surface area contributed by atoms with E-state index in [9.17, 15) is 23.1 Å². The number of carbonyl (C=O) groups excluding carboxylic acids is 1. The molecule has 0 spiro atoms. The lowest BCUT2D eigenvalue weighted by Crippen LogP contribution is -2.05. The smallest absolute Gasteiger partial charge is 0.416 e. The second-order valence-electron chi connectivity index (χ2n) is 3.85. The Morgan fingerprint density at radius 1 is 1.37 bits per heavy atom. The molecule has 1 N–H and O–H groups in total. The average molecular weight is 274 g/mol. The third-order valence-electron chi connectivity index (χ3n) is 2.31. The Bertz CT molecular complexity index is 449. The van der Waals surface area contributed by atoms with Crippen LogP contribution in [0.1, 0.15) is 30.6 Å². The number of aliphatic hydroxyl groups is 1. The quantitative estimate of drug-likeness (QED) is 0.677. The molecule has 0 bridgehead atoms. The molecule has 0 amide bonds. The summed E-state index contributed by atoms with van der Waals surface area (Å²) < 4.78 is 41.5. The molecule has 1 aromatic carbocycles. The molecule has 0 aliphatic rings. The molecule has 1 unspecified atom stereocenters. The van der Waals surface area contributed by atoms with Crippen LogP contribution in [0.25, 0.3) is 0 Å². The molecule has 0 saturated heterocycles. The number of esters is 1. The fraction of sp³-hybridized carbons (Fsp3) is 0.308. The van der Waals surface area contributed by atoms with Crippen LogP contribution in [0.2, 0.25) is 0 Å². The van der Waals surface area contributed by atoms with Gasteiger partial charge in [0, 0.05) is 6.92 Å². The fourth-order valence-corrected chi connectivity index (χ4v) is 1.36. The highest BCUT2D eigenvalue weighted by Crippen LogP contribution is 2.30. The summed E-state index contributed by atoms with van der Waals surface area (Å²) >= 11 is 0. The van der Waals surface area contributed by atoms with Crippen molar-refractivity contribution >= 4 is 5.97 Å². The number of halogens is 3. The third-order valence-corrected chi connectivity index (χ3v) is 2.31. The first-order valence-corrected chi connectivity index (χ1v) is 5.48. The molecule has 19 heavy (non-hydrogen) atoms. The summed E-state index contributed by atoms with van der Waals surface area (Å²) in [6, 6.07) is 4.25. The van der Waals surface area contributed by atoms with Crippen LogP contribution < -0.4 is 0 Å². The second kappa shape index (κ2) is 6.38. The van der Waals surface area contributed by atoms with Crippen molar-refractivity contribution in [2.45, 2.75) is 25.6 Å². The average Bonchev–Trinajstić information content (AvgIpc) is 2.33. The highest BCUT2D eigenvalue weighted by Gasteiger charge is 2.30. The topological polar surface area (TPSA) is 46.5 Å². The van der Waals surface area contributed by atoms with Crippen LogP contribution in [0.3, 0.4) is 0 Å². The standard InChI is InChI=1S/C13H13F3O3/c1-9(17)19-8-2-3-12(18)10-4-6-11(7-5-10)13(14,15)16/h2,4-8,12,18H,3H2,1H3/b8-2-. The van der Waals surface area contributed by atoms with Gasteiger partial charge in [-0.3, -0.25) is 4.79 Å². The van der Waals surface area contributed by atoms with Crippen LogP contribution in [0, 0.1) is 0 Å². The molecule has 6 heteroatoms. The molecule has 0 fully saturated rings.